The third-order valence-electron chi connectivity index (χ3n) is 1.56. The number of hydrogen-bond donors (Lipinski definition) is 1. The van der Waals surface area contributed by atoms with Crippen molar-refractivity contribution in [2.45, 2.75) is 0 Å². The van der Waals surface area contributed by atoms with Crippen molar-refractivity contribution in [1.29, 1.82) is 0 Å². The third-order valence-corrected chi connectivity index (χ3v) is 2.96. The molecule has 0 bridgehead atoms. The number of nitrogens with two attached hydrogens (primary N) is 1. The van der Waals surface area contributed by atoms with E-state index in [0.29, 0.717) is 0 Å². The highest BCUT2D eigenvalue weighted by atomic mass is 79.9. The van der Waals surface area contributed by atoms with Gasteiger partial charge in [-0.3, -0.25) is 0 Å². The predicted octanol–water partition coefficient (Wildman–Crippen LogP) is 2.55. The minimum Gasteiger partial charge on any atom is -0.399 e. The van der Waals surface area contributed by atoms with Gasteiger partial charge in [-0.1, -0.05) is 11.3 Å². The predicted molar refractivity (Wildman–Crippen MR) is 57.5 cm³/mol. The Morgan fingerprint density at radius 1 is 1.15 bits per heavy atom. The molecule has 0 atom stereocenters. The fraction of sp³-hybridized carbons (Fsp3) is 0. The van der Waals surface area contributed by atoms with Crippen LogP contribution in [0.15, 0.2) is 28.2 Å². The van der Waals surface area contributed by atoms with Gasteiger partial charge in [0, 0.05) is 11.3 Å². The van der Waals surface area contributed by atoms with Crippen LogP contribution < -0.4 is 5.73 Å². The minimum atomic E-state index is 0.757. The number of hydrogen-bond acceptors (Lipinski definition) is 4. The molecule has 0 amide bonds. The summed E-state index contributed by atoms with van der Waals surface area (Å²) in [5, 5.41) is 8.76. The van der Waals surface area contributed by atoms with Crippen LogP contribution in [0.2, 0.25) is 0 Å². The average molecular weight is 256 g/mol. The van der Waals surface area contributed by atoms with E-state index in [1.165, 1.54) is 11.3 Å². The van der Waals surface area contributed by atoms with Crippen LogP contribution in [0, 0.1) is 0 Å². The van der Waals surface area contributed by atoms with Crippen molar-refractivity contribution in [2.75, 3.05) is 5.73 Å². The van der Waals surface area contributed by atoms with Crippen LogP contribution in [0.1, 0.15) is 0 Å². The van der Waals surface area contributed by atoms with Gasteiger partial charge in [0.15, 0.2) is 3.92 Å². The molecule has 1 heterocycles. The van der Waals surface area contributed by atoms with Crippen molar-refractivity contribution >= 4 is 33.0 Å². The van der Waals surface area contributed by atoms with Gasteiger partial charge in [0.1, 0.15) is 5.01 Å². The Balaban J connectivity index is 2.41. The SMILES string of the molecule is Nc1ccc(-c2nnc(Br)s2)cc1. The summed E-state index contributed by atoms with van der Waals surface area (Å²) < 4.78 is 0.791. The molecule has 5 heteroatoms. The standard InChI is InChI=1S/C8H6BrN3S/c9-8-12-11-7(13-8)5-1-3-6(10)4-2-5/h1-4H,10H2. The summed E-state index contributed by atoms with van der Waals surface area (Å²) in [5.74, 6) is 0. The maximum Gasteiger partial charge on any atom is 0.183 e. The Bertz CT molecular complexity index is 410. The topological polar surface area (TPSA) is 51.8 Å². The second-order valence-corrected chi connectivity index (χ2v) is 4.74. The Morgan fingerprint density at radius 2 is 1.85 bits per heavy atom. The van der Waals surface area contributed by atoms with Gasteiger partial charge in [-0.2, -0.15) is 0 Å². The average Bonchev–Trinajstić information content (AvgIpc) is 2.53. The molecule has 0 aliphatic carbocycles. The zero-order valence-corrected chi connectivity index (χ0v) is 8.97. The molecule has 0 aliphatic heterocycles. The van der Waals surface area contributed by atoms with Crippen molar-refractivity contribution < 1.29 is 0 Å². The van der Waals surface area contributed by atoms with E-state index in [1.54, 1.807) is 0 Å². The van der Waals surface area contributed by atoms with Crippen molar-refractivity contribution in [3.05, 3.63) is 28.2 Å². The number of rotatable bonds is 1. The Hall–Kier alpha value is -0.940. The van der Waals surface area contributed by atoms with Gasteiger partial charge in [-0.05, 0) is 40.2 Å². The normalized spacial score (nSPS) is 10.2. The van der Waals surface area contributed by atoms with E-state index in [0.717, 1.165) is 20.2 Å². The third kappa shape index (κ3) is 1.87. The fourth-order valence-corrected chi connectivity index (χ4v) is 2.06. The highest BCUT2D eigenvalue weighted by molar-refractivity contribution is 9.11. The van der Waals surface area contributed by atoms with Crippen LogP contribution in [-0.2, 0) is 0 Å². The molecule has 1 aromatic heterocycles. The number of anilines is 1. The molecular weight excluding hydrogens is 250 g/mol. The number of nitrogen functional groups attached to an aromatic ring is 1. The largest absolute Gasteiger partial charge is 0.399 e. The molecule has 0 radical (unpaired) electrons. The second kappa shape index (κ2) is 3.43. The van der Waals surface area contributed by atoms with Gasteiger partial charge in [-0.25, -0.2) is 0 Å². The van der Waals surface area contributed by atoms with E-state index in [2.05, 4.69) is 26.1 Å². The lowest BCUT2D eigenvalue weighted by atomic mass is 10.2. The van der Waals surface area contributed by atoms with Crippen LogP contribution in [0.3, 0.4) is 0 Å². The molecule has 2 N–H and O–H groups in total. The van der Waals surface area contributed by atoms with Crippen molar-refractivity contribution in [3.8, 4) is 10.6 Å². The first kappa shape index (κ1) is 8.65. The molecule has 0 saturated carbocycles. The molecule has 66 valence electrons. The summed E-state index contributed by atoms with van der Waals surface area (Å²) in [5.41, 5.74) is 7.36. The number of benzene rings is 1. The molecule has 13 heavy (non-hydrogen) atoms. The zero-order chi connectivity index (χ0) is 9.26. The van der Waals surface area contributed by atoms with E-state index in [-0.39, 0.29) is 0 Å². The summed E-state index contributed by atoms with van der Waals surface area (Å²) in [6, 6.07) is 7.57. The molecule has 0 spiro atoms. The highest BCUT2D eigenvalue weighted by Crippen LogP contribution is 2.26. The van der Waals surface area contributed by atoms with Crippen molar-refractivity contribution in [1.82, 2.24) is 10.2 Å². The molecule has 0 aliphatic rings. The van der Waals surface area contributed by atoms with Gasteiger partial charge in [-0.15, -0.1) is 10.2 Å². The van der Waals surface area contributed by atoms with Gasteiger partial charge in [0.25, 0.3) is 0 Å². The zero-order valence-electron chi connectivity index (χ0n) is 6.57. The van der Waals surface area contributed by atoms with Crippen LogP contribution in [0.4, 0.5) is 5.69 Å². The Kier molecular flexibility index (Phi) is 2.28. The molecule has 0 unspecified atom stereocenters. The summed E-state index contributed by atoms with van der Waals surface area (Å²) in [6.45, 7) is 0. The van der Waals surface area contributed by atoms with Crippen LogP contribution in [-0.4, -0.2) is 10.2 Å². The molecule has 0 saturated heterocycles. The summed E-state index contributed by atoms with van der Waals surface area (Å²) >= 11 is 4.76. The Morgan fingerprint density at radius 3 is 2.38 bits per heavy atom. The second-order valence-electron chi connectivity index (χ2n) is 2.48. The lowest BCUT2D eigenvalue weighted by molar-refractivity contribution is 1.08. The van der Waals surface area contributed by atoms with Gasteiger partial charge >= 0.3 is 0 Å². The lowest BCUT2D eigenvalue weighted by Gasteiger charge is -1.94. The first-order valence-corrected chi connectivity index (χ1v) is 5.21. The number of nitrogens with zero attached hydrogens (tertiary/aromatic N) is 2. The molecule has 2 aromatic rings. The van der Waals surface area contributed by atoms with E-state index in [4.69, 9.17) is 5.73 Å². The quantitative estimate of drug-likeness (QED) is 0.797. The van der Waals surface area contributed by atoms with Crippen LogP contribution in [0.5, 0.6) is 0 Å². The lowest BCUT2D eigenvalue weighted by Crippen LogP contribution is -1.83. The first-order valence-electron chi connectivity index (χ1n) is 3.60. The van der Waals surface area contributed by atoms with Crippen molar-refractivity contribution in [2.24, 2.45) is 0 Å². The van der Waals surface area contributed by atoms with Crippen LogP contribution in [0.25, 0.3) is 10.6 Å². The minimum absolute atomic E-state index is 0.757. The van der Waals surface area contributed by atoms with Gasteiger partial charge < -0.3 is 5.73 Å². The number of halogens is 1. The van der Waals surface area contributed by atoms with E-state index in [9.17, 15) is 0 Å². The van der Waals surface area contributed by atoms with Gasteiger partial charge in [0.05, 0.1) is 0 Å². The maximum atomic E-state index is 5.57. The molecule has 2 rings (SSSR count). The monoisotopic (exact) mass is 255 g/mol. The van der Waals surface area contributed by atoms with Gasteiger partial charge in [0.2, 0.25) is 0 Å². The fourth-order valence-electron chi connectivity index (χ4n) is 0.948. The van der Waals surface area contributed by atoms with Crippen LogP contribution >= 0.6 is 27.3 Å². The highest BCUT2D eigenvalue weighted by Gasteiger charge is 2.03. The summed E-state index contributed by atoms with van der Waals surface area (Å²) in [7, 11) is 0. The molecule has 3 nitrogen and oxygen atoms in total. The van der Waals surface area contributed by atoms with Crippen molar-refractivity contribution in [3.63, 3.8) is 0 Å². The molecule has 1 aromatic carbocycles. The first-order chi connectivity index (χ1) is 6.25. The Labute approximate surface area is 87.7 Å². The maximum absolute atomic E-state index is 5.57. The van der Waals surface area contributed by atoms with E-state index >= 15 is 0 Å². The van der Waals surface area contributed by atoms with E-state index in [1.807, 2.05) is 24.3 Å². The molecule has 0 fully saturated rings. The smallest absolute Gasteiger partial charge is 0.183 e. The summed E-state index contributed by atoms with van der Waals surface area (Å²) in [4.78, 5) is 0. The number of aromatic nitrogens is 2. The molecular formula is C8H6BrN3S. The van der Waals surface area contributed by atoms with E-state index < -0.39 is 0 Å². The summed E-state index contributed by atoms with van der Waals surface area (Å²) in [6.07, 6.45) is 0.